The predicted molar refractivity (Wildman–Crippen MR) is 111 cm³/mol. The van der Waals surface area contributed by atoms with Crippen LogP contribution in [0.25, 0.3) is 0 Å². The molecule has 2 aliphatic rings. The number of piperazine rings is 1. The van der Waals surface area contributed by atoms with E-state index < -0.39 is 5.60 Å². The zero-order chi connectivity index (χ0) is 21.0. The minimum absolute atomic E-state index is 0.138. The molecule has 0 unspecified atom stereocenters. The SMILES string of the molecule is Cc1ncc2c(n1)N(CCCCN1CCN(C(=O)OC(C)(C)C)CC1)CCC2=O. The van der Waals surface area contributed by atoms with Crippen molar-refractivity contribution in [3.05, 3.63) is 17.6 Å². The number of carbonyl (C=O) groups is 2. The minimum atomic E-state index is -0.449. The van der Waals surface area contributed by atoms with Gasteiger partial charge in [-0.2, -0.15) is 0 Å². The van der Waals surface area contributed by atoms with Crippen LogP contribution in [0.4, 0.5) is 10.6 Å². The highest BCUT2D eigenvalue weighted by Crippen LogP contribution is 2.24. The number of nitrogens with zero attached hydrogens (tertiary/aromatic N) is 5. The number of aromatic nitrogens is 2. The van der Waals surface area contributed by atoms with Crippen LogP contribution in [-0.4, -0.2) is 83.1 Å². The van der Waals surface area contributed by atoms with E-state index >= 15 is 0 Å². The second-order valence-electron chi connectivity index (χ2n) is 8.83. The van der Waals surface area contributed by atoms with Gasteiger partial charge in [0.2, 0.25) is 0 Å². The van der Waals surface area contributed by atoms with Gasteiger partial charge in [-0.1, -0.05) is 0 Å². The average molecular weight is 404 g/mol. The topological polar surface area (TPSA) is 78.9 Å². The van der Waals surface area contributed by atoms with Gasteiger partial charge in [-0.15, -0.1) is 0 Å². The maximum Gasteiger partial charge on any atom is 0.410 e. The third-order valence-electron chi connectivity index (χ3n) is 5.27. The van der Waals surface area contributed by atoms with Gasteiger partial charge in [0.25, 0.3) is 0 Å². The van der Waals surface area contributed by atoms with Crippen LogP contribution < -0.4 is 4.90 Å². The molecule has 1 saturated heterocycles. The highest BCUT2D eigenvalue weighted by atomic mass is 16.6. The van der Waals surface area contributed by atoms with Crippen molar-refractivity contribution in [3.63, 3.8) is 0 Å². The Hall–Kier alpha value is -2.22. The van der Waals surface area contributed by atoms with Gasteiger partial charge in [0.15, 0.2) is 5.78 Å². The number of fused-ring (bicyclic) bond motifs is 1. The normalized spacial score (nSPS) is 18.0. The van der Waals surface area contributed by atoms with Crippen molar-refractivity contribution in [2.24, 2.45) is 0 Å². The van der Waals surface area contributed by atoms with Crippen LogP contribution in [-0.2, 0) is 4.74 Å². The fraction of sp³-hybridized carbons (Fsp3) is 0.714. The van der Waals surface area contributed by atoms with E-state index in [0.29, 0.717) is 30.9 Å². The summed E-state index contributed by atoms with van der Waals surface area (Å²) in [4.78, 5) is 39.3. The van der Waals surface area contributed by atoms with E-state index in [4.69, 9.17) is 4.74 Å². The fourth-order valence-electron chi connectivity index (χ4n) is 3.71. The molecular weight excluding hydrogens is 370 g/mol. The Kier molecular flexibility index (Phi) is 6.72. The smallest absolute Gasteiger partial charge is 0.410 e. The highest BCUT2D eigenvalue weighted by molar-refractivity contribution is 6.02. The molecule has 8 heteroatoms. The molecular formula is C21H33N5O3. The zero-order valence-corrected chi connectivity index (χ0v) is 18.1. The van der Waals surface area contributed by atoms with Gasteiger partial charge in [0, 0.05) is 51.9 Å². The maximum absolute atomic E-state index is 12.1. The lowest BCUT2D eigenvalue weighted by Crippen LogP contribution is -2.50. The van der Waals surface area contributed by atoms with Crippen molar-refractivity contribution < 1.29 is 14.3 Å². The Morgan fingerprint density at radius 3 is 2.48 bits per heavy atom. The average Bonchev–Trinajstić information content (AvgIpc) is 2.66. The van der Waals surface area contributed by atoms with Gasteiger partial charge in [0.05, 0.1) is 5.56 Å². The molecule has 160 valence electrons. The summed E-state index contributed by atoms with van der Waals surface area (Å²) in [6.45, 7) is 13.4. The number of aryl methyl sites for hydroxylation is 1. The molecule has 1 aromatic heterocycles. The first-order chi connectivity index (χ1) is 13.7. The van der Waals surface area contributed by atoms with Crippen LogP contribution >= 0.6 is 0 Å². The van der Waals surface area contributed by atoms with Crippen LogP contribution in [0.3, 0.4) is 0 Å². The van der Waals surface area contributed by atoms with Gasteiger partial charge in [-0.3, -0.25) is 9.69 Å². The fourth-order valence-corrected chi connectivity index (χ4v) is 3.71. The van der Waals surface area contributed by atoms with Crippen LogP contribution in [0.2, 0.25) is 0 Å². The van der Waals surface area contributed by atoms with Gasteiger partial charge >= 0.3 is 6.09 Å². The highest BCUT2D eigenvalue weighted by Gasteiger charge is 2.26. The molecule has 0 spiro atoms. The molecule has 0 aromatic carbocycles. The Labute approximate surface area is 173 Å². The number of anilines is 1. The molecule has 0 saturated carbocycles. The molecule has 0 radical (unpaired) electrons. The van der Waals surface area contributed by atoms with E-state index in [-0.39, 0.29) is 11.9 Å². The number of hydrogen-bond acceptors (Lipinski definition) is 7. The van der Waals surface area contributed by atoms with E-state index in [1.807, 2.05) is 27.7 Å². The van der Waals surface area contributed by atoms with Crippen LogP contribution in [0.1, 0.15) is 56.2 Å². The third kappa shape index (κ3) is 5.88. The van der Waals surface area contributed by atoms with Crippen LogP contribution in [0, 0.1) is 6.92 Å². The molecule has 3 heterocycles. The summed E-state index contributed by atoms with van der Waals surface area (Å²) >= 11 is 0. The van der Waals surface area contributed by atoms with E-state index in [1.165, 1.54) is 0 Å². The lowest BCUT2D eigenvalue weighted by Gasteiger charge is -2.35. The van der Waals surface area contributed by atoms with Gasteiger partial charge in [-0.05, 0) is 47.1 Å². The maximum atomic E-state index is 12.1. The summed E-state index contributed by atoms with van der Waals surface area (Å²) in [5.74, 6) is 1.63. The lowest BCUT2D eigenvalue weighted by atomic mass is 10.1. The van der Waals surface area contributed by atoms with E-state index in [0.717, 1.165) is 51.4 Å². The number of Topliss-reactive ketones (excluding diaryl/α,β-unsaturated/α-hetero) is 1. The monoisotopic (exact) mass is 403 g/mol. The Balaban J connectivity index is 1.39. The molecule has 29 heavy (non-hydrogen) atoms. The molecule has 1 aromatic rings. The molecule has 0 N–H and O–H groups in total. The first-order valence-corrected chi connectivity index (χ1v) is 10.5. The molecule has 0 aliphatic carbocycles. The van der Waals surface area contributed by atoms with E-state index in [2.05, 4.69) is 19.8 Å². The van der Waals surface area contributed by atoms with Crippen molar-refractivity contribution in [1.82, 2.24) is 19.8 Å². The van der Waals surface area contributed by atoms with Crippen molar-refractivity contribution in [1.29, 1.82) is 0 Å². The lowest BCUT2D eigenvalue weighted by molar-refractivity contribution is 0.0144. The standard InChI is InChI=1S/C21H33N5O3/c1-16-22-15-17-18(27)7-10-25(19(17)23-16)9-6-5-8-24-11-13-26(14-12-24)20(28)29-21(2,3)4/h15H,5-14H2,1-4H3. The Morgan fingerprint density at radius 2 is 1.79 bits per heavy atom. The number of amides is 1. The third-order valence-corrected chi connectivity index (χ3v) is 5.27. The summed E-state index contributed by atoms with van der Waals surface area (Å²) in [6, 6.07) is 0. The van der Waals surface area contributed by atoms with Gasteiger partial charge in [-0.25, -0.2) is 14.8 Å². The van der Waals surface area contributed by atoms with Crippen molar-refractivity contribution in [2.45, 2.75) is 52.6 Å². The van der Waals surface area contributed by atoms with Gasteiger partial charge < -0.3 is 14.5 Å². The van der Waals surface area contributed by atoms with Crippen LogP contribution in [0.5, 0.6) is 0 Å². The predicted octanol–water partition coefficient (Wildman–Crippen LogP) is 2.51. The first-order valence-electron chi connectivity index (χ1n) is 10.5. The second-order valence-corrected chi connectivity index (χ2v) is 8.83. The summed E-state index contributed by atoms with van der Waals surface area (Å²) < 4.78 is 5.45. The molecule has 2 aliphatic heterocycles. The quantitative estimate of drug-likeness (QED) is 0.699. The molecule has 0 atom stereocenters. The molecule has 3 rings (SSSR count). The molecule has 1 amide bonds. The largest absolute Gasteiger partial charge is 0.444 e. The minimum Gasteiger partial charge on any atom is -0.444 e. The summed E-state index contributed by atoms with van der Waals surface area (Å²) in [6.07, 6.45) is 4.11. The van der Waals surface area contributed by atoms with Crippen molar-refractivity contribution in [3.8, 4) is 0 Å². The number of ketones is 1. The Morgan fingerprint density at radius 1 is 1.10 bits per heavy atom. The first kappa shape index (κ1) is 21.5. The second kappa shape index (κ2) is 9.07. The molecule has 0 bridgehead atoms. The number of unbranched alkanes of at least 4 members (excludes halogenated alkanes) is 1. The Bertz CT molecular complexity index is 738. The summed E-state index contributed by atoms with van der Waals surface area (Å²) in [5, 5.41) is 0. The van der Waals surface area contributed by atoms with Crippen LogP contribution in [0.15, 0.2) is 6.20 Å². The summed E-state index contributed by atoms with van der Waals surface area (Å²) in [5.41, 5.74) is 0.204. The van der Waals surface area contributed by atoms with Gasteiger partial charge in [0.1, 0.15) is 17.2 Å². The number of carbonyl (C=O) groups excluding carboxylic acids is 2. The number of ether oxygens (including phenoxy) is 1. The van der Waals surface area contributed by atoms with Crippen molar-refractivity contribution in [2.75, 3.05) is 50.7 Å². The molecule has 1 fully saturated rings. The van der Waals surface area contributed by atoms with E-state index in [1.54, 1.807) is 11.1 Å². The summed E-state index contributed by atoms with van der Waals surface area (Å²) in [7, 11) is 0. The van der Waals surface area contributed by atoms with E-state index in [9.17, 15) is 9.59 Å². The zero-order valence-electron chi connectivity index (χ0n) is 18.1. The van der Waals surface area contributed by atoms with Crippen molar-refractivity contribution >= 4 is 17.7 Å². The molecule has 8 nitrogen and oxygen atoms in total. The number of rotatable bonds is 5. The number of hydrogen-bond donors (Lipinski definition) is 0.